The van der Waals surface area contributed by atoms with Gasteiger partial charge in [0.05, 0.1) is 30.5 Å². The number of imidazole rings is 1. The topological polar surface area (TPSA) is 128 Å². The fraction of sp³-hybridized carbons (Fsp3) is 0.433. The second-order valence-corrected chi connectivity index (χ2v) is 10.3. The van der Waals surface area contributed by atoms with E-state index in [4.69, 9.17) is 9.47 Å². The molecule has 2 aliphatic heterocycles. The molecule has 0 radical (unpaired) electrons. The van der Waals surface area contributed by atoms with Crippen molar-refractivity contribution in [1.29, 1.82) is 0 Å². The van der Waals surface area contributed by atoms with Crippen molar-refractivity contribution < 1.29 is 23.9 Å². The molecule has 2 N–H and O–H groups in total. The van der Waals surface area contributed by atoms with Gasteiger partial charge in [0.1, 0.15) is 17.3 Å². The van der Waals surface area contributed by atoms with Crippen molar-refractivity contribution in [2.24, 2.45) is 0 Å². The first-order chi connectivity index (χ1) is 20.0. The number of hydrogen-bond acceptors (Lipinski definition) is 7. The van der Waals surface area contributed by atoms with Crippen molar-refractivity contribution in [3.63, 3.8) is 0 Å². The molecule has 2 aliphatic rings. The van der Waals surface area contributed by atoms with Crippen LogP contribution < -0.4 is 15.4 Å². The van der Waals surface area contributed by atoms with Crippen molar-refractivity contribution in [2.75, 3.05) is 19.6 Å². The Morgan fingerprint density at radius 1 is 1.17 bits per heavy atom. The van der Waals surface area contributed by atoms with Gasteiger partial charge >= 0.3 is 0 Å². The molecule has 5 rings (SSSR count). The van der Waals surface area contributed by atoms with Crippen molar-refractivity contribution in [1.82, 2.24) is 30.1 Å². The lowest BCUT2D eigenvalue weighted by Gasteiger charge is -2.39. The minimum atomic E-state index is -0.349. The number of pyridine rings is 1. The Bertz CT molecular complexity index is 1370. The highest BCUT2D eigenvalue weighted by molar-refractivity contribution is 5.94. The number of piperidine rings is 1. The summed E-state index contributed by atoms with van der Waals surface area (Å²) in [5, 5.41) is 5.93. The van der Waals surface area contributed by atoms with Gasteiger partial charge in [-0.2, -0.15) is 0 Å². The van der Waals surface area contributed by atoms with E-state index in [1.807, 2.05) is 46.9 Å². The molecule has 0 unspecified atom stereocenters. The van der Waals surface area contributed by atoms with E-state index in [1.165, 1.54) is 6.20 Å². The number of rotatable bonds is 4. The molecule has 0 spiro atoms. The van der Waals surface area contributed by atoms with Crippen molar-refractivity contribution in [3.05, 3.63) is 72.1 Å². The van der Waals surface area contributed by atoms with Crippen LogP contribution in [-0.4, -0.2) is 68.9 Å². The van der Waals surface area contributed by atoms with Gasteiger partial charge in [0, 0.05) is 64.0 Å². The molecular formula is C30H36N6O5. The Morgan fingerprint density at radius 3 is 2.95 bits per heavy atom. The fourth-order valence-corrected chi connectivity index (χ4v) is 5.20. The van der Waals surface area contributed by atoms with Crippen LogP contribution in [0.15, 0.2) is 55.1 Å². The van der Waals surface area contributed by atoms with Crippen LogP contribution in [0, 0.1) is 0 Å². The molecule has 4 heterocycles. The molecule has 0 aliphatic carbocycles. The summed E-state index contributed by atoms with van der Waals surface area (Å²) in [5.74, 6) is 1.62. The predicted octanol–water partition coefficient (Wildman–Crippen LogP) is 2.85. The molecule has 4 bridgehead atoms. The van der Waals surface area contributed by atoms with Gasteiger partial charge < -0.3 is 29.6 Å². The molecule has 11 heteroatoms. The number of amides is 3. The van der Waals surface area contributed by atoms with Gasteiger partial charge in [0.25, 0.3) is 5.91 Å². The normalized spacial score (nSPS) is 20.1. The Balaban J connectivity index is 1.28. The smallest absolute Gasteiger partial charge is 0.252 e. The molecule has 2 aromatic heterocycles. The Morgan fingerprint density at radius 2 is 2.07 bits per heavy atom. The van der Waals surface area contributed by atoms with Crippen LogP contribution in [-0.2, 0) is 33.9 Å². The molecular weight excluding hydrogens is 524 g/mol. The zero-order chi connectivity index (χ0) is 28.6. The van der Waals surface area contributed by atoms with Crippen LogP contribution >= 0.6 is 0 Å². The number of nitrogens with one attached hydrogen (secondary N) is 2. The molecule has 1 fully saturated rings. The number of hydrogen-bond donors (Lipinski definition) is 2. The van der Waals surface area contributed by atoms with Crippen LogP contribution in [0.4, 0.5) is 0 Å². The Kier molecular flexibility index (Phi) is 9.25. The zero-order valence-corrected chi connectivity index (χ0v) is 23.3. The highest BCUT2D eigenvalue weighted by Gasteiger charge is 2.33. The summed E-state index contributed by atoms with van der Waals surface area (Å²) < 4.78 is 14.3. The summed E-state index contributed by atoms with van der Waals surface area (Å²) in [6, 6.07) is 8.82. The molecule has 11 nitrogen and oxygen atoms in total. The minimum Gasteiger partial charge on any atom is -0.456 e. The average molecular weight is 561 g/mol. The lowest BCUT2D eigenvalue weighted by Crippen LogP contribution is -2.57. The van der Waals surface area contributed by atoms with Gasteiger partial charge in [-0.1, -0.05) is 19.1 Å². The lowest BCUT2D eigenvalue weighted by atomic mass is 10.0. The van der Waals surface area contributed by atoms with Crippen LogP contribution in [0.25, 0.3) is 0 Å². The number of aromatic nitrogens is 3. The highest BCUT2D eigenvalue weighted by Crippen LogP contribution is 2.24. The number of carbonyl (C=O) groups excluding carboxylic acids is 3. The average Bonchev–Trinajstić information content (AvgIpc) is 3.45. The summed E-state index contributed by atoms with van der Waals surface area (Å²) in [6.07, 6.45) is 8.91. The SMILES string of the molecule is CCc1nccn1CCC(=O)N1CC[C@@H]2OCc3cccc(c3)Oc3cncc(c3)C(=O)NCCCC(=O)N[C@H]2C1. The third-order valence-corrected chi connectivity index (χ3v) is 7.37. The molecule has 2 atom stereocenters. The van der Waals surface area contributed by atoms with Crippen LogP contribution in [0.1, 0.15) is 54.4 Å². The molecule has 1 aromatic carbocycles. The van der Waals surface area contributed by atoms with Crippen LogP contribution in [0.5, 0.6) is 11.5 Å². The molecule has 1 saturated heterocycles. The maximum atomic E-state index is 13.1. The number of nitrogens with zero attached hydrogens (tertiary/aromatic N) is 4. The van der Waals surface area contributed by atoms with E-state index in [9.17, 15) is 14.4 Å². The largest absolute Gasteiger partial charge is 0.456 e. The first-order valence-electron chi connectivity index (χ1n) is 14.2. The summed E-state index contributed by atoms with van der Waals surface area (Å²) in [5.41, 5.74) is 1.28. The van der Waals surface area contributed by atoms with Crippen LogP contribution in [0.2, 0.25) is 0 Å². The van der Waals surface area contributed by atoms with Gasteiger partial charge in [0.2, 0.25) is 11.8 Å². The summed E-state index contributed by atoms with van der Waals surface area (Å²) in [6.45, 7) is 4.20. The Labute approximate surface area is 239 Å². The molecule has 216 valence electrons. The van der Waals surface area contributed by atoms with Crippen molar-refractivity contribution in [2.45, 2.75) is 64.3 Å². The third kappa shape index (κ3) is 7.49. The highest BCUT2D eigenvalue weighted by atomic mass is 16.5. The van der Waals surface area contributed by atoms with Gasteiger partial charge in [-0.3, -0.25) is 19.4 Å². The van der Waals surface area contributed by atoms with Crippen molar-refractivity contribution in [3.8, 4) is 11.5 Å². The number of benzene rings is 1. The van der Waals surface area contributed by atoms with E-state index in [0.29, 0.717) is 69.1 Å². The monoisotopic (exact) mass is 560 g/mol. The number of ether oxygens (including phenoxy) is 2. The maximum absolute atomic E-state index is 13.1. The first kappa shape index (κ1) is 28.3. The second-order valence-electron chi connectivity index (χ2n) is 10.3. The van der Waals surface area contributed by atoms with E-state index >= 15 is 0 Å². The number of fused-ring (bicyclic) bond motifs is 5. The summed E-state index contributed by atoms with van der Waals surface area (Å²) in [4.78, 5) is 48.9. The van der Waals surface area contributed by atoms with E-state index in [1.54, 1.807) is 18.5 Å². The molecule has 41 heavy (non-hydrogen) atoms. The number of carbonyl (C=O) groups is 3. The lowest BCUT2D eigenvalue weighted by molar-refractivity contribution is -0.137. The second kappa shape index (κ2) is 13.4. The zero-order valence-electron chi connectivity index (χ0n) is 23.3. The van der Waals surface area contributed by atoms with Crippen molar-refractivity contribution >= 4 is 17.7 Å². The maximum Gasteiger partial charge on any atom is 0.252 e. The standard InChI is InChI=1S/C30H36N6O5/c1-2-27-32-11-14-35(27)13-9-29(38)36-12-8-26-25(19-36)34-28(37)7-4-10-33-30(39)22-16-24(18-31-17-22)41-23-6-3-5-21(15-23)20-40-26/h3,5-6,11,14-18,25-26H,2,4,7-10,12-13,19-20H2,1H3,(H,33,39)(H,34,37)/t25-,26-/m0/s1. The Hall–Kier alpha value is -4.25. The minimum absolute atomic E-state index is 0.0400. The summed E-state index contributed by atoms with van der Waals surface area (Å²) in [7, 11) is 0. The molecule has 3 aromatic rings. The number of likely N-dealkylation sites (tertiary alicyclic amines) is 1. The van der Waals surface area contributed by atoms with E-state index in [-0.39, 0.29) is 36.3 Å². The van der Waals surface area contributed by atoms with Gasteiger partial charge in [-0.25, -0.2) is 4.98 Å². The van der Waals surface area contributed by atoms with E-state index < -0.39 is 0 Å². The van der Waals surface area contributed by atoms with Gasteiger partial charge in [0.15, 0.2) is 0 Å². The molecule has 0 saturated carbocycles. The quantitative estimate of drug-likeness (QED) is 0.502. The van der Waals surface area contributed by atoms with Gasteiger partial charge in [-0.05, 0) is 36.6 Å². The van der Waals surface area contributed by atoms with E-state index in [2.05, 4.69) is 20.6 Å². The van der Waals surface area contributed by atoms with Crippen LogP contribution in [0.3, 0.4) is 0 Å². The summed E-state index contributed by atoms with van der Waals surface area (Å²) >= 11 is 0. The molecule has 3 amide bonds. The number of aryl methyl sites for hydroxylation is 2. The predicted molar refractivity (Wildman–Crippen MR) is 150 cm³/mol. The van der Waals surface area contributed by atoms with E-state index in [0.717, 1.165) is 17.8 Å². The third-order valence-electron chi connectivity index (χ3n) is 7.37. The first-order valence-corrected chi connectivity index (χ1v) is 14.2. The fourth-order valence-electron chi connectivity index (χ4n) is 5.20. The van der Waals surface area contributed by atoms with Gasteiger partial charge in [-0.15, -0.1) is 0 Å².